The van der Waals surface area contributed by atoms with E-state index < -0.39 is 23.5 Å². The summed E-state index contributed by atoms with van der Waals surface area (Å²) < 4.78 is 15.8. The summed E-state index contributed by atoms with van der Waals surface area (Å²) in [6.07, 6.45) is 0. The molecule has 2 N–H and O–H groups in total. The van der Waals surface area contributed by atoms with Crippen molar-refractivity contribution in [3.63, 3.8) is 0 Å². The zero-order valence-corrected chi connectivity index (χ0v) is 15.8. The second kappa shape index (κ2) is 8.47. The minimum atomic E-state index is -1.14. The molecule has 0 saturated carbocycles. The predicted molar refractivity (Wildman–Crippen MR) is 105 cm³/mol. The minimum Gasteiger partial charge on any atom is -0.497 e. The molecule has 8 heteroatoms. The Bertz CT molecular complexity index is 1100. The molecule has 1 heterocycles. The first-order chi connectivity index (χ1) is 13.9. The van der Waals surface area contributed by atoms with E-state index in [2.05, 4.69) is 5.32 Å². The molecule has 1 aromatic heterocycles. The maximum Gasteiger partial charge on any atom is 0.336 e. The van der Waals surface area contributed by atoms with Gasteiger partial charge in [-0.3, -0.25) is 9.59 Å². The van der Waals surface area contributed by atoms with Gasteiger partial charge >= 0.3 is 11.6 Å². The van der Waals surface area contributed by atoms with Crippen LogP contribution in [-0.4, -0.2) is 36.7 Å². The Kier molecular flexibility index (Phi) is 5.82. The number of ether oxygens (including phenoxy) is 2. The van der Waals surface area contributed by atoms with Crippen LogP contribution in [0, 0.1) is 0 Å². The normalized spacial score (nSPS) is 11.7. The largest absolute Gasteiger partial charge is 0.497 e. The highest BCUT2D eigenvalue weighted by molar-refractivity contribution is 5.94. The van der Waals surface area contributed by atoms with Gasteiger partial charge in [0.25, 0.3) is 5.91 Å². The summed E-state index contributed by atoms with van der Waals surface area (Å²) in [6.45, 7) is 0.983. The topological polar surface area (TPSA) is 115 Å². The number of hydrogen-bond acceptors (Lipinski definition) is 6. The van der Waals surface area contributed by atoms with Crippen LogP contribution < -0.4 is 20.4 Å². The van der Waals surface area contributed by atoms with E-state index >= 15 is 0 Å². The van der Waals surface area contributed by atoms with Crippen molar-refractivity contribution in [2.45, 2.75) is 13.0 Å². The Morgan fingerprint density at radius 2 is 1.79 bits per heavy atom. The van der Waals surface area contributed by atoms with Crippen LogP contribution in [-0.2, 0) is 9.59 Å². The summed E-state index contributed by atoms with van der Waals surface area (Å²) in [6, 6.07) is 12.5. The van der Waals surface area contributed by atoms with E-state index in [0.29, 0.717) is 28.0 Å². The molecule has 2 aromatic carbocycles. The summed E-state index contributed by atoms with van der Waals surface area (Å²) in [5.74, 6) is -0.705. The number of nitrogens with one attached hydrogen (secondary N) is 1. The summed E-state index contributed by atoms with van der Waals surface area (Å²) in [7, 11) is 1.58. The smallest absolute Gasteiger partial charge is 0.336 e. The number of carbonyl (C=O) groups is 2. The SMILES string of the molecule is COc1ccc(-c2cc(=O)oc3cc(OCC(=O)N[C@@H](C)C(=O)O)ccc23)cc1. The third kappa shape index (κ3) is 4.73. The molecule has 3 rings (SSSR count). The number of fused-ring (bicyclic) bond motifs is 1. The molecule has 0 spiro atoms. The average molecular weight is 397 g/mol. The summed E-state index contributed by atoms with van der Waals surface area (Å²) in [5, 5.41) is 11.8. The Morgan fingerprint density at radius 3 is 2.45 bits per heavy atom. The number of methoxy groups -OCH3 is 1. The first kappa shape index (κ1) is 19.9. The van der Waals surface area contributed by atoms with Crippen molar-refractivity contribution in [2.24, 2.45) is 0 Å². The van der Waals surface area contributed by atoms with Gasteiger partial charge in [0.2, 0.25) is 0 Å². The first-order valence-corrected chi connectivity index (χ1v) is 8.74. The average Bonchev–Trinajstić information content (AvgIpc) is 2.71. The molecule has 0 bridgehead atoms. The Labute approximate surface area is 165 Å². The quantitative estimate of drug-likeness (QED) is 0.588. The fraction of sp³-hybridized carbons (Fsp3) is 0.190. The van der Waals surface area contributed by atoms with E-state index in [9.17, 15) is 14.4 Å². The highest BCUT2D eigenvalue weighted by Gasteiger charge is 2.15. The number of benzene rings is 2. The van der Waals surface area contributed by atoms with Gasteiger partial charge in [-0.1, -0.05) is 12.1 Å². The van der Waals surface area contributed by atoms with Crippen LogP contribution in [0.1, 0.15) is 6.92 Å². The standard InChI is InChI=1S/C21H19NO7/c1-12(21(25)26)22-19(23)11-28-15-7-8-16-17(10-20(24)29-18(16)9-15)13-3-5-14(27-2)6-4-13/h3-10,12H,11H2,1-2H3,(H,22,23)(H,25,26)/t12-/m0/s1. The second-order valence-corrected chi connectivity index (χ2v) is 6.28. The number of aliphatic carboxylic acids is 1. The number of rotatable bonds is 7. The lowest BCUT2D eigenvalue weighted by atomic mass is 10.0. The summed E-state index contributed by atoms with van der Waals surface area (Å²) in [4.78, 5) is 34.5. The molecule has 0 aliphatic rings. The fourth-order valence-corrected chi connectivity index (χ4v) is 2.74. The number of carboxylic acid groups (broad SMARTS) is 1. The Hall–Kier alpha value is -3.81. The van der Waals surface area contributed by atoms with Gasteiger partial charge in [-0.2, -0.15) is 0 Å². The van der Waals surface area contributed by atoms with Crippen molar-refractivity contribution in [2.75, 3.05) is 13.7 Å². The molecule has 0 radical (unpaired) electrons. The molecule has 0 aliphatic heterocycles. The summed E-state index contributed by atoms with van der Waals surface area (Å²) >= 11 is 0. The van der Waals surface area contributed by atoms with Crippen molar-refractivity contribution in [3.8, 4) is 22.6 Å². The molecule has 8 nitrogen and oxygen atoms in total. The van der Waals surface area contributed by atoms with Gasteiger partial charge in [-0.05, 0) is 42.3 Å². The van der Waals surface area contributed by atoms with E-state index in [1.807, 2.05) is 12.1 Å². The van der Waals surface area contributed by atoms with Crippen molar-refractivity contribution >= 4 is 22.8 Å². The Morgan fingerprint density at radius 1 is 1.10 bits per heavy atom. The molecule has 1 amide bonds. The third-order valence-electron chi connectivity index (χ3n) is 4.23. The molecular formula is C21H19NO7. The minimum absolute atomic E-state index is 0.306. The number of hydrogen-bond donors (Lipinski definition) is 2. The van der Waals surface area contributed by atoms with Crippen LogP contribution in [0.2, 0.25) is 0 Å². The molecule has 1 atom stereocenters. The zero-order chi connectivity index (χ0) is 21.0. The number of carboxylic acids is 1. The maximum atomic E-state index is 12.0. The van der Waals surface area contributed by atoms with Crippen LogP contribution in [0.5, 0.6) is 11.5 Å². The second-order valence-electron chi connectivity index (χ2n) is 6.28. The van der Waals surface area contributed by atoms with Crippen molar-refractivity contribution in [1.29, 1.82) is 0 Å². The molecule has 0 aliphatic carbocycles. The van der Waals surface area contributed by atoms with Gasteiger partial charge in [-0.25, -0.2) is 4.79 Å². The van der Waals surface area contributed by atoms with Crippen LogP contribution in [0.15, 0.2) is 57.7 Å². The van der Waals surface area contributed by atoms with Gasteiger partial charge in [0.05, 0.1) is 7.11 Å². The summed E-state index contributed by atoms with van der Waals surface area (Å²) in [5.41, 5.74) is 1.30. The van der Waals surface area contributed by atoms with E-state index in [4.69, 9.17) is 19.0 Å². The zero-order valence-electron chi connectivity index (χ0n) is 15.8. The number of amides is 1. The third-order valence-corrected chi connectivity index (χ3v) is 4.23. The van der Waals surface area contributed by atoms with Gasteiger partial charge in [0, 0.05) is 17.5 Å². The molecule has 150 valence electrons. The molecule has 0 saturated heterocycles. The van der Waals surface area contributed by atoms with Gasteiger partial charge in [0.15, 0.2) is 6.61 Å². The van der Waals surface area contributed by atoms with Crippen molar-refractivity contribution in [1.82, 2.24) is 5.32 Å². The lowest BCUT2D eigenvalue weighted by Gasteiger charge is -2.11. The van der Waals surface area contributed by atoms with Crippen molar-refractivity contribution < 1.29 is 28.6 Å². The van der Waals surface area contributed by atoms with Crippen LogP contribution in [0.25, 0.3) is 22.1 Å². The lowest BCUT2D eigenvalue weighted by molar-refractivity contribution is -0.141. The fourth-order valence-electron chi connectivity index (χ4n) is 2.74. The van der Waals surface area contributed by atoms with Gasteiger partial charge in [0.1, 0.15) is 23.1 Å². The van der Waals surface area contributed by atoms with Gasteiger partial charge < -0.3 is 24.3 Å². The predicted octanol–water partition coefficient (Wildman–Crippen LogP) is 2.44. The molecule has 29 heavy (non-hydrogen) atoms. The first-order valence-electron chi connectivity index (χ1n) is 8.74. The van der Waals surface area contributed by atoms with E-state index in [0.717, 1.165) is 5.56 Å². The molecule has 0 fully saturated rings. The molecule has 3 aromatic rings. The highest BCUT2D eigenvalue weighted by atomic mass is 16.5. The number of carbonyl (C=O) groups excluding carboxylic acids is 1. The van der Waals surface area contributed by atoms with Crippen LogP contribution in [0.4, 0.5) is 0 Å². The van der Waals surface area contributed by atoms with E-state index in [-0.39, 0.29) is 6.61 Å². The van der Waals surface area contributed by atoms with E-state index in [1.165, 1.54) is 19.1 Å². The highest BCUT2D eigenvalue weighted by Crippen LogP contribution is 2.30. The Balaban J connectivity index is 1.84. The van der Waals surface area contributed by atoms with E-state index in [1.54, 1.807) is 31.4 Å². The van der Waals surface area contributed by atoms with Crippen LogP contribution >= 0.6 is 0 Å². The van der Waals surface area contributed by atoms with Crippen LogP contribution in [0.3, 0.4) is 0 Å². The lowest BCUT2D eigenvalue weighted by Crippen LogP contribution is -2.40. The maximum absolute atomic E-state index is 12.0. The van der Waals surface area contributed by atoms with Crippen molar-refractivity contribution in [3.05, 3.63) is 59.0 Å². The monoisotopic (exact) mass is 397 g/mol. The molecular weight excluding hydrogens is 378 g/mol. The van der Waals surface area contributed by atoms with Gasteiger partial charge in [-0.15, -0.1) is 0 Å². The molecule has 0 unspecified atom stereocenters.